The minimum absolute atomic E-state index is 0.0305. The van der Waals surface area contributed by atoms with Gasteiger partial charge in [0, 0.05) is 17.9 Å². The van der Waals surface area contributed by atoms with Gasteiger partial charge in [-0.05, 0) is 94.0 Å². The van der Waals surface area contributed by atoms with Crippen LogP contribution in [0.4, 0.5) is 0 Å². The van der Waals surface area contributed by atoms with Crippen molar-refractivity contribution in [1.82, 2.24) is 0 Å². The van der Waals surface area contributed by atoms with Gasteiger partial charge in [-0.2, -0.15) is 0 Å². The van der Waals surface area contributed by atoms with Crippen molar-refractivity contribution in [2.75, 3.05) is 13.2 Å². The number of ether oxygens (including phenoxy) is 5. The van der Waals surface area contributed by atoms with Crippen molar-refractivity contribution in [3.05, 3.63) is 11.6 Å². The quantitative estimate of drug-likeness (QED) is 0.141. The molecule has 2 saturated heterocycles. The van der Waals surface area contributed by atoms with E-state index in [-0.39, 0.29) is 48.8 Å². The molecule has 7 N–H and O–H groups in total. The molecule has 0 radical (unpaired) electrons. The molecule has 6 fully saturated rings. The molecule has 14 heteroatoms. The maximum Gasteiger partial charge on any atom is 0.331 e. The smallest absolute Gasteiger partial charge is 0.331 e. The third-order valence-electron chi connectivity index (χ3n) is 13.9. The highest BCUT2D eigenvalue weighted by Gasteiger charge is 2.70. The highest BCUT2D eigenvalue weighted by atomic mass is 16.7. The molecule has 17 unspecified atom stereocenters. The van der Waals surface area contributed by atoms with Gasteiger partial charge in [0.05, 0.1) is 35.9 Å². The van der Waals surface area contributed by atoms with E-state index in [1.807, 2.05) is 0 Å². The molecule has 7 aliphatic rings. The molecule has 0 spiro atoms. The second-order valence-corrected chi connectivity index (χ2v) is 16.0. The summed E-state index contributed by atoms with van der Waals surface area (Å²) >= 11 is 0. The minimum Gasteiger partial charge on any atom is -0.481 e. The van der Waals surface area contributed by atoms with Crippen LogP contribution in [0.25, 0.3) is 0 Å². The first-order valence-electron chi connectivity index (χ1n) is 18.0. The van der Waals surface area contributed by atoms with E-state index in [4.69, 9.17) is 23.7 Å². The van der Waals surface area contributed by atoms with Crippen molar-refractivity contribution in [3.63, 3.8) is 0 Å². The van der Waals surface area contributed by atoms with Crippen molar-refractivity contribution in [3.8, 4) is 0 Å². The van der Waals surface area contributed by atoms with Crippen molar-refractivity contribution in [2.24, 2.45) is 34.5 Å². The predicted molar refractivity (Wildman–Crippen MR) is 166 cm³/mol. The number of hydrogen-bond acceptors (Lipinski definition) is 13. The molecule has 0 aromatic carbocycles. The van der Waals surface area contributed by atoms with Crippen LogP contribution in [-0.2, 0) is 33.3 Å². The van der Waals surface area contributed by atoms with Gasteiger partial charge in [0.25, 0.3) is 0 Å². The van der Waals surface area contributed by atoms with E-state index >= 15 is 0 Å². The third kappa shape index (κ3) is 5.60. The fourth-order valence-corrected chi connectivity index (χ4v) is 11.4. The zero-order chi connectivity index (χ0) is 35.0. The molecule has 3 aliphatic heterocycles. The lowest BCUT2D eigenvalue weighted by molar-refractivity contribution is -0.344. The minimum atomic E-state index is -1.61. The van der Waals surface area contributed by atoms with Crippen molar-refractivity contribution in [2.45, 2.75) is 145 Å². The fraction of sp³-hybridized carbons (Fsp3) is 0.886. The lowest BCUT2D eigenvalue weighted by atomic mass is 9.42. The van der Waals surface area contributed by atoms with Gasteiger partial charge in [-0.3, -0.25) is 4.79 Å². The van der Waals surface area contributed by atoms with Crippen LogP contribution < -0.4 is 0 Å². The number of hydrogen-bond donors (Lipinski definition) is 7. The Kier molecular flexibility index (Phi) is 9.50. The topological polar surface area (TPSA) is 222 Å². The van der Waals surface area contributed by atoms with Crippen LogP contribution in [0.2, 0.25) is 0 Å². The largest absolute Gasteiger partial charge is 0.481 e. The zero-order valence-electron chi connectivity index (χ0n) is 28.1. The molecule has 0 aromatic heterocycles. The van der Waals surface area contributed by atoms with Crippen LogP contribution in [0.3, 0.4) is 0 Å². The second kappa shape index (κ2) is 13.0. The van der Waals surface area contributed by atoms with Crippen LogP contribution in [0, 0.1) is 34.5 Å². The Bertz CT molecular complexity index is 1290. The normalized spacial score (nSPS) is 52.8. The van der Waals surface area contributed by atoms with Crippen molar-refractivity contribution in [1.29, 1.82) is 0 Å². The summed E-state index contributed by atoms with van der Waals surface area (Å²) in [4.78, 5) is 25.2. The molecule has 4 aliphatic carbocycles. The number of carboxylic acid groups (broad SMARTS) is 1. The van der Waals surface area contributed by atoms with Crippen LogP contribution >= 0.6 is 0 Å². The van der Waals surface area contributed by atoms with Crippen LogP contribution in [0.5, 0.6) is 0 Å². The standard InChI is InChI=1S/C35H52O14/c1-16-30(49-31-29(41)28(40)27(39)24(14-36)48-31)23(37)13-26(46-16)47-19-5-9-34(32(42)43)18(12-19)3-4-22-21(34)6-8-33(2)20(7-10-35(22,33)44)17-11-25(38)45-15-17/h11,16,18-24,26-31,36-37,39-41,44H,3-10,12-15H2,1-2H3,(H,42,43). The van der Waals surface area contributed by atoms with Crippen LogP contribution in [0.15, 0.2) is 11.6 Å². The number of aliphatic hydroxyl groups is 6. The highest BCUT2D eigenvalue weighted by molar-refractivity contribution is 5.85. The number of carboxylic acids is 1. The van der Waals surface area contributed by atoms with Gasteiger partial charge in [0.15, 0.2) is 12.6 Å². The van der Waals surface area contributed by atoms with Crippen LogP contribution in [0.1, 0.15) is 78.1 Å². The molecule has 14 nitrogen and oxygen atoms in total. The summed E-state index contributed by atoms with van der Waals surface area (Å²) in [7, 11) is 0. The first kappa shape index (κ1) is 35.7. The summed E-state index contributed by atoms with van der Waals surface area (Å²) < 4.78 is 28.9. The SMILES string of the molecule is CC1OC(OC2CCC3(C(=O)O)C(CCC4C3CCC3(C)C(C5=CC(=O)OC5)CCC43O)C2)CC(O)C1OC1OC(CO)C(O)C(O)C1O. The first-order chi connectivity index (χ1) is 23.2. The lowest BCUT2D eigenvalue weighted by Gasteiger charge is -2.63. The molecule has 3 heterocycles. The van der Waals surface area contributed by atoms with Crippen LogP contribution in [-0.4, -0.2) is 128 Å². The van der Waals surface area contributed by atoms with E-state index in [1.165, 1.54) is 0 Å². The summed E-state index contributed by atoms with van der Waals surface area (Å²) in [5.41, 5.74) is -1.52. The number of rotatable bonds is 7. The van der Waals surface area contributed by atoms with E-state index in [0.717, 1.165) is 18.4 Å². The van der Waals surface area contributed by atoms with Gasteiger partial charge in [-0.25, -0.2) is 4.79 Å². The summed E-state index contributed by atoms with van der Waals surface area (Å²) in [6.45, 7) is 3.45. The third-order valence-corrected chi connectivity index (χ3v) is 13.9. The summed E-state index contributed by atoms with van der Waals surface area (Å²) in [6.07, 6.45) is -4.04. The summed E-state index contributed by atoms with van der Waals surface area (Å²) in [6, 6.07) is 0. The molecule has 49 heavy (non-hydrogen) atoms. The van der Waals surface area contributed by atoms with E-state index in [2.05, 4.69) is 6.92 Å². The average Bonchev–Trinajstić information content (AvgIpc) is 3.61. The Labute approximate surface area is 285 Å². The molecular weight excluding hydrogens is 644 g/mol. The number of carbonyl (C=O) groups excluding carboxylic acids is 1. The zero-order valence-corrected chi connectivity index (χ0v) is 28.1. The molecule has 276 valence electrons. The molecular formula is C35H52O14. The Morgan fingerprint density at radius 2 is 1.71 bits per heavy atom. The summed E-state index contributed by atoms with van der Waals surface area (Å²) in [5, 5.41) is 74.5. The molecule has 4 saturated carbocycles. The monoisotopic (exact) mass is 696 g/mol. The highest BCUT2D eigenvalue weighted by Crippen LogP contribution is 2.70. The maximum absolute atomic E-state index is 13.3. The molecule has 0 amide bonds. The van der Waals surface area contributed by atoms with Gasteiger partial charge >= 0.3 is 11.9 Å². The van der Waals surface area contributed by atoms with Crippen molar-refractivity contribution >= 4 is 11.9 Å². The van der Waals surface area contributed by atoms with Gasteiger partial charge in [0.1, 0.15) is 37.1 Å². The first-order valence-corrected chi connectivity index (χ1v) is 18.0. The number of cyclic esters (lactones) is 1. The number of carbonyl (C=O) groups is 2. The average molecular weight is 697 g/mol. The summed E-state index contributed by atoms with van der Waals surface area (Å²) in [5.74, 6) is -1.59. The predicted octanol–water partition coefficient (Wildman–Crippen LogP) is 0.374. The number of fused-ring (bicyclic) bond motifs is 5. The number of aliphatic carboxylic acids is 1. The van der Waals surface area contributed by atoms with Gasteiger partial charge < -0.3 is 59.4 Å². The van der Waals surface area contributed by atoms with Gasteiger partial charge in [0.2, 0.25) is 0 Å². The molecule has 0 aromatic rings. The van der Waals surface area contributed by atoms with E-state index < -0.39 is 84.3 Å². The Balaban J connectivity index is 0.996. The Morgan fingerprint density at radius 1 is 0.939 bits per heavy atom. The molecule has 17 atom stereocenters. The van der Waals surface area contributed by atoms with E-state index in [1.54, 1.807) is 13.0 Å². The number of esters is 1. The van der Waals surface area contributed by atoms with Crippen molar-refractivity contribution < 1.29 is 69.0 Å². The Hall–Kier alpha value is -1.72. The second-order valence-electron chi connectivity index (χ2n) is 16.0. The Morgan fingerprint density at radius 3 is 2.39 bits per heavy atom. The maximum atomic E-state index is 13.3. The number of aliphatic hydroxyl groups excluding tert-OH is 5. The molecule has 7 rings (SSSR count). The fourth-order valence-electron chi connectivity index (χ4n) is 11.4. The van der Waals surface area contributed by atoms with E-state index in [0.29, 0.717) is 44.9 Å². The van der Waals surface area contributed by atoms with Gasteiger partial charge in [-0.15, -0.1) is 0 Å². The van der Waals surface area contributed by atoms with Gasteiger partial charge in [-0.1, -0.05) is 6.92 Å². The van der Waals surface area contributed by atoms with E-state index in [9.17, 15) is 45.3 Å². The lowest BCUT2D eigenvalue weighted by Crippen LogP contribution is -2.64. The molecule has 0 bridgehead atoms.